The van der Waals surface area contributed by atoms with E-state index in [0.717, 1.165) is 12.1 Å². The van der Waals surface area contributed by atoms with Gasteiger partial charge in [0.05, 0.1) is 17.8 Å². The molecule has 0 spiro atoms. The van der Waals surface area contributed by atoms with Crippen LogP contribution in [0.5, 0.6) is 0 Å². The molecule has 15 heteroatoms. The summed E-state index contributed by atoms with van der Waals surface area (Å²) < 4.78 is 109. The average molecular weight is 570 g/mol. The molecule has 1 amide bonds. The van der Waals surface area contributed by atoms with Crippen LogP contribution < -0.4 is 10.6 Å². The highest BCUT2D eigenvalue weighted by Gasteiger charge is 2.48. The fraction of sp³-hybridized carbons (Fsp3) is 0.609. The van der Waals surface area contributed by atoms with Crippen molar-refractivity contribution in [3.63, 3.8) is 0 Å². The number of nitrogens with one attached hydrogen (secondary N) is 2. The summed E-state index contributed by atoms with van der Waals surface area (Å²) in [6.45, 7) is 0.652. The van der Waals surface area contributed by atoms with Gasteiger partial charge in [0.1, 0.15) is 5.82 Å². The third kappa shape index (κ3) is 5.88. The molecule has 3 aliphatic rings. The van der Waals surface area contributed by atoms with Crippen LogP contribution >= 0.6 is 0 Å². The molecule has 8 nitrogen and oxygen atoms in total. The minimum absolute atomic E-state index is 0.0416. The third-order valence-electron chi connectivity index (χ3n) is 7.39. The van der Waals surface area contributed by atoms with Gasteiger partial charge in [-0.2, -0.15) is 17.5 Å². The van der Waals surface area contributed by atoms with Crippen LogP contribution in [0.25, 0.3) is 0 Å². The first kappa shape index (κ1) is 28.5. The monoisotopic (exact) mass is 569 g/mol. The van der Waals surface area contributed by atoms with Crippen molar-refractivity contribution < 1.29 is 39.6 Å². The summed E-state index contributed by atoms with van der Waals surface area (Å²) >= 11 is 0. The molecular weight excluding hydrogens is 540 g/mol. The van der Waals surface area contributed by atoms with Crippen molar-refractivity contribution in [2.24, 2.45) is 0 Å². The predicted molar refractivity (Wildman–Crippen MR) is 126 cm³/mol. The van der Waals surface area contributed by atoms with Crippen LogP contribution in [0.1, 0.15) is 41.6 Å². The van der Waals surface area contributed by atoms with Crippen molar-refractivity contribution in [1.29, 1.82) is 0 Å². The number of halogens is 6. The molecule has 0 aromatic heterocycles. The largest absolute Gasteiger partial charge is 0.417 e. The molecule has 2 fully saturated rings. The second-order valence-corrected chi connectivity index (χ2v) is 11.8. The van der Waals surface area contributed by atoms with Gasteiger partial charge in [0.2, 0.25) is 5.92 Å². The highest BCUT2D eigenvalue weighted by atomic mass is 32.2. The molecule has 1 saturated carbocycles. The molecule has 1 aromatic carbocycles. The molecule has 2 heterocycles. The van der Waals surface area contributed by atoms with E-state index in [2.05, 4.69) is 10.6 Å². The third-order valence-corrected chi connectivity index (χ3v) is 9.24. The summed E-state index contributed by atoms with van der Waals surface area (Å²) in [5.41, 5.74) is -3.21. The maximum absolute atomic E-state index is 14.1. The Balaban J connectivity index is 1.50. The number of hydrogen-bond donors (Lipinski definition) is 2. The first-order valence-electron chi connectivity index (χ1n) is 12.1. The van der Waals surface area contributed by atoms with Crippen LogP contribution in [0.15, 0.2) is 29.4 Å². The van der Waals surface area contributed by atoms with Crippen molar-refractivity contribution in [2.75, 3.05) is 46.4 Å². The molecule has 0 radical (unpaired) electrons. The van der Waals surface area contributed by atoms with Crippen LogP contribution in [0.3, 0.4) is 0 Å². The number of sulfonamides is 1. The first-order chi connectivity index (χ1) is 17.6. The van der Waals surface area contributed by atoms with E-state index in [1.807, 2.05) is 4.90 Å². The van der Waals surface area contributed by atoms with Gasteiger partial charge in [0, 0.05) is 64.4 Å². The number of alkyl halides is 5. The zero-order valence-corrected chi connectivity index (χ0v) is 21.4. The van der Waals surface area contributed by atoms with Crippen LogP contribution in [-0.4, -0.2) is 86.3 Å². The molecule has 1 aliphatic carbocycles. The summed E-state index contributed by atoms with van der Waals surface area (Å²) in [6, 6.07) is 1.72. The van der Waals surface area contributed by atoms with Gasteiger partial charge < -0.3 is 15.5 Å². The summed E-state index contributed by atoms with van der Waals surface area (Å²) in [5.74, 6) is -5.16. The predicted octanol–water partition coefficient (Wildman–Crippen LogP) is 2.76. The van der Waals surface area contributed by atoms with E-state index in [1.54, 1.807) is 11.9 Å². The van der Waals surface area contributed by atoms with E-state index in [1.165, 1.54) is 10.5 Å². The molecule has 2 aliphatic heterocycles. The van der Waals surface area contributed by atoms with E-state index in [4.69, 9.17) is 0 Å². The number of piperazine rings is 1. The van der Waals surface area contributed by atoms with E-state index in [0.29, 0.717) is 6.67 Å². The summed E-state index contributed by atoms with van der Waals surface area (Å²) in [6.07, 6.45) is -4.53. The Kier molecular flexibility index (Phi) is 7.67. The van der Waals surface area contributed by atoms with Crippen LogP contribution in [0.2, 0.25) is 0 Å². The molecule has 1 saturated heterocycles. The Bertz CT molecular complexity index is 1190. The Morgan fingerprint density at radius 3 is 2.26 bits per heavy atom. The number of rotatable bonds is 6. The summed E-state index contributed by atoms with van der Waals surface area (Å²) in [4.78, 5) is 16.3. The molecule has 0 unspecified atom stereocenters. The van der Waals surface area contributed by atoms with Crippen molar-refractivity contribution in [2.45, 2.75) is 43.3 Å². The minimum atomic E-state index is -4.97. The zero-order chi connectivity index (χ0) is 27.9. The van der Waals surface area contributed by atoms with Crippen molar-refractivity contribution in [3.05, 3.63) is 46.4 Å². The standard InChI is InChI=1S/C23H29F6N5O3S/c1-32-13-19(31-15-32)38(36,37)34-10-8-33(9-11-34)21(4-6-22(25,26)7-5-21)14-30-20(35)17-3-2-16(24)12-18(17)23(27,28)29/h2-3,12-13,31H,4-11,14-15H2,1H3,(H,30,35). The number of carbonyl (C=O) groups excluding carboxylic acids is 1. The smallest absolute Gasteiger partial charge is 0.361 e. The zero-order valence-electron chi connectivity index (χ0n) is 20.6. The van der Waals surface area contributed by atoms with Gasteiger partial charge in [-0.1, -0.05) is 0 Å². The number of hydrogen-bond acceptors (Lipinski definition) is 6. The van der Waals surface area contributed by atoms with Gasteiger partial charge in [0.25, 0.3) is 15.9 Å². The maximum Gasteiger partial charge on any atom is 0.417 e. The molecule has 0 bridgehead atoms. The molecule has 1 aromatic rings. The fourth-order valence-electron chi connectivity index (χ4n) is 5.17. The van der Waals surface area contributed by atoms with Crippen molar-refractivity contribution >= 4 is 15.9 Å². The average Bonchev–Trinajstić information content (AvgIpc) is 3.30. The van der Waals surface area contributed by atoms with E-state index in [9.17, 15) is 39.6 Å². The molecular formula is C23H29F6N5O3S. The summed E-state index contributed by atoms with van der Waals surface area (Å²) in [7, 11) is -2.07. The van der Waals surface area contributed by atoms with Gasteiger partial charge in [-0.15, -0.1) is 0 Å². The van der Waals surface area contributed by atoms with Gasteiger partial charge in [0.15, 0.2) is 5.03 Å². The van der Waals surface area contributed by atoms with E-state index < -0.39 is 63.4 Å². The van der Waals surface area contributed by atoms with Gasteiger partial charge in [-0.25, -0.2) is 21.6 Å². The second kappa shape index (κ2) is 10.2. The fourth-order valence-corrected chi connectivity index (χ4v) is 6.65. The van der Waals surface area contributed by atoms with E-state index in [-0.39, 0.29) is 56.7 Å². The molecule has 4 rings (SSSR count). The van der Waals surface area contributed by atoms with Crippen LogP contribution in [0, 0.1) is 5.82 Å². The number of carbonyl (C=O) groups is 1. The SMILES string of the molecule is CN1C=C(S(=O)(=O)N2CCN(C3(CNC(=O)c4ccc(F)cc4C(F)(F)F)CCC(F)(F)CC3)CC2)NC1. The molecule has 2 N–H and O–H groups in total. The highest BCUT2D eigenvalue weighted by Crippen LogP contribution is 2.42. The molecule has 0 atom stereocenters. The first-order valence-corrected chi connectivity index (χ1v) is 13.5. The lowest BCUT2D eigenvalue weighted by Gasteiger charge is -2.50. The lowest BCUT2D eigenvalue weighted by molar-refractivity contribution is -0.138. The van der Waals surface area contributed by atoms with Gasteiger partial charge >= 0.3 is 6.18 Å². The lowest BCUT2D eigenvalue weighted by atomic mass is 9.78. The maximum atomic E-state index is 14.1. The minimum Gasteiger partial charge on any atom is -0.361 e. The second-order valence-electron chi connectivity index (χ2n) is 9.93. The number of nitrogens with zero attached hydrogens (tertiary/aromatic N) is 3. The van der Waals surface area contributed by atoms with E-state index >= 15 is 0 Å². The van der Waals surface area contributed by atoms with Crippen LogP contribution in [-0.2, 0) is 16.2 Å². The number of benzene rings is 1. The molecule has 38 heavy (non-hydrogen) atoms. The normalized spacial score (nSPS) is 22.6. The Morgan fingerprint density at radius 2 is 1.71 bits per heavy atom. The highest BCUT2D eigenvalue weighted by molar-refractivity contribution is 7.92. The Morgan fingerprint density at radius 1 is 1.08 bits per heavy atom. The quantitative estimate of drug-likeness (QED) is 0.513. The molecule has 212 valence electrons. The Labute approximate surface area is 216 Å². The van der Waals surface area contributed by atoms with Crippen molar-refractivity contribution in [1.82, 2.24) is 24.7 Å². The topological polar surface area (TPSA) is 85.0 Å². The lowest BCUT2D eigenvalue weighted by Crippen LogP contribution is -2.63. The van der Waals surface area contributed by atoms with Crippen molar-refractivity contribution in [3.8, 4) is 0 Å². The number of amides is 1. The Hall–Kier alpha value is -2.52. The van der Waals surface area contributed by atoms with Gasteiger partial charge in [-0.05, 0) is 31.0 Å². The van der Waals surface area contributed by atoms with Crippen LogP contribution in [0.4, 0.5) is 26.3 Å². The summed E-state index contributed by atoms with van der Waals surface area (Å²) in [5, 5.41) is 5.33. The van der Waals surface area contributed by atoms with Gasteiger partial charge in [-0.3, -0.25) is 9.69 Å².